The third kappa shape index (κ3) is 2.49. The molecule has 86 valence electrons. The first kappa shape index (κ1) is 10.9. The van der Waals surface area contributed by atoms with Crippen molar-refractivity contribution in [3.8, 4) is 0 Å². The third-order valence-electron chi connectivity index (χ3n) is 2.44. The first-order chi connectivity index (χ1) is 7.65. The lowest BCUT2D eigenvalue weighted by atomic mass is 10.2. The summed E-state index contributed by atoms with van der Waals surface area (Å²) >= 11 is 0. The van der Waals surface area contributed by atoms with Gasteiger partial charge in [0, 0.05) is 37.6 Å². The van der Waals surface area contributed by atoms with Crippen molar-refractivity contribution in [2.24, 2.45) is 12.8 Å². The van der Waals surface area contributed by atoms with Gasteiger partial charge in [0.2, 0.25) is 0 Å². The summed E-state index contributed by atoms with van der Waals surface area (Å²) in [4.78, 5) is 0. The maximum absolute atomic E-state index is 5.80. The minimum atomic E-state index is 0.176. The van der Waals surface area contributed by atoms with Gasteiger partial charge in [0.05, 0.1) is 6.54 Å². The molecule has 0 aliphatic rings. The third-order valence-corrected chi connectivity index (χ3v) is 2.44. The van der Waals surface area contributed by atoms with Crippen LogP contribution in [0.25, 0.3) is 0 Å². The SMILES string of the molecule is CC(N)Cc1cccn1Cc1cn(C)nn1. The fourth-order valence-electron chi connectivity index (χ4n) is 1.76. The Kier molecular flexibility index (Phi) is 3.05. The molecule has 2 heterocycles. The summed E-state index contributed by atoms with van der Waals surface area (Å²) in [6.07, 6.45) is 4.86. The highest BCUT2D eigenvalue weighted by Crippen LogP contribution is 2.07. The highest BCUT2D eigenvalue weighted by molar-refractivity contribution is 5.10. The van der Waals surface area contributed by atoms with Gasteiger partial charge in [-0.05, 0) is 19.1 Å². The van der Waals surface area contributed by atoms with Crippen molar-refractivity contribution in [3.63, 3.8) is 0 Å². The predicted molar refractivity (Wildman–Crippen MR) is 61.9 cm³/mol. The van der Waals surface area contributed by atoms with Gasteiger partial charge in [-0.15, -0.1) is 5.10 Å². The smallest absolute Gasteiger partial charge is 0.102 e. The van der Waals surface area contributed by atoms with Gasteiger partial charge in [-0.1, -0.05) is 5.21 Å². The van der Waals surface area contributed by atoms with Crippen LogP contribution in [-0.2, 0) is 20.0 Å². The van der Waals surface area contributed by atoms with Crippen molar-refractivity contribution < 1.29 is 0 Å². The summed E-state index contributed by atoms with van der Waals surface area (Å²) in [5.74, 6) is 0. The zero-order chi connectivity index (χ0) is 11.5. The number of rotatable bonds is 4. The largest absolute Gasteiger partial charge is 0.345 e. The average molecular weight is 219 g/mol. The van der Waals surface area contributed by atoms with Gasteiger partial charge in [-0.3, -0.25) is 4.68 Å². The fourth-order valence-corrected chi connectivity index (χ4v) is 1.76. The monoisotopic (exact) mass is 219 g/mol. The minimum absolute atomic E-state index is 0.176. The van der Waals surface area contributed by atoms with E-state index in [9.17, 15) is 0 Å². The molecule has 5 nitrogen and oxygen atoms in total. The standard InChI is InChI=1S/C11H17N5/c1-9(12)6-11-4-3-5-16(11)8-10-7-15(2)14-13-10/h3-5,7,9H,6,8,12H2,1-2H3. The van der Waals surface area contributed by atoms with E-state index in [1.807, 2.05) is 32.4 Å². The second-order valence-electron chi connectivity index (χ2n) is 4.19. The van der Waals surface area contributed by atoms with Crippen LogP contribution in [0, 0.1) is 0 Å². The van der Waals surface area contributed by atoms with E-state index in [-0.39, 0.29) is 6.04 Å². The second kappa shape index (κ2) is 4.49. The van der Waals surface area contributed by atoms with Crippen LogP contribution in [0.1, 0.15) is 18.3 Å². The molecule has 0 amide bonds. The van der Waals surface area contributed by atoms with E-state index in [2.05, 4.69) is 20.9 Å². The van der Waals surface area contributed by atoms with E-state index in [4.69, 9.17) is 5.73 Å². The lowest BCUT2D eigenvalue weighted by Crippen LogP contribution is -2.20. The maximum atomic E-state index is 5.80. The number of aromatic nitrogens is 4. The summed E-state index contributed by atoms with van der Waals surface area (Å²) < 4.78 is 3.87. The Morgan fingerprint density at radius 3 is 2.94 bits per heavy atom. The quantitative estimate of drug-likeness (QED) is 0.817. The molecule has 0 aliphatic carbocycles. The summed E-state index contributed by atoms with van der Waals surface area (Å²) in [6.45, 7) is 2.77. The van der Waals surface area contributed by atoms with Crippen LogP contribution in [0.15, 0.2) is 24.5 Å². The Hall–Kier alpha value is -1.62. The van der Waals surface area contributed by atoms with Gasteiger partial charge in [-0.2, -0.15) is 0 Å². The fraction of sp³-hybridized carbons (Fsp3) is 0.455. The lowest BCUT2D eigenvalue weighted by molar-refractivity contribution is 0.658. The van der Waals surface area contributed by atoms with Gasteiger partial charge in [-0.25, -0.2) is 0 Å². The van der Waals surface area contributed by atoms with Crippen LogP contribution in [0.3, 0.4) is 0 Å². The van der Waals surface area contributed by atoms with Crippen LogP contribution in [0.2, 0.25) is 0 Å². The Morgan fingerprint density at radius 1 is 1.50 bits per heavy atom. The van der Waals surface area contributed by atoms with Gasteiger partial charge in [0.25, 0.3) is 0 Å². The van der Waals surface area contributed by atoms with E-state index in [0.717, 1.165) is 18.7 Å². The Morgan fingerprint density at radius 2 is 2.31 bits per heavy atom. The maximum Gasteiger partial charge on any atom is 0.102 e. The molecule has 0 aliphatic heterocycles. The summed E-state index contributed by atoms with van der Waals surface area (Å²) in [5, 5.41) is 7.99. The number of nitrogens with two attached hydrogens (primary N) is 1. The molecule has 5 heteroatoms. The second-order valence-corrected chi connectivity index (χ2v) is 4.19. The molecular formula is C11H17N5. The molecule has 0 radical (unpaired) electrons. The van der Waals surface area contributed by atoms with Crippen molar-refractivity contribution >= 4 is 0 Å². The lowest BCUT2D eigenvalue weighted by Gasteiger charge is -2.09. The Labute approximate surface area is 94.9 Å². The zero-order valence-electron chi connectivity index (χ0n) is 9.67. The zero-order valence-corrected chi connectivity index (χ0v) is 9.67. The van der Waals surface area contributed by atoms with E-state index < -0.39 is 0 Å². The molecule has 0 fully saturated rings. The van der Waals surface area contributed by atoms with Crippen LogP contribution in [0.4, 0.5) is 0 Å². The van der Waals surface area contributed by atoms with Crippen LogP contribution in [0.5, 0.6) is 0 Å². The summed E-state index contributed by atoms with van der Waals surface area (Å²) in [6, 6.07) is 4.31. The van der Waals surface area contributed by atoms with Crippen molar-refractivity contribution in [3.05, 3.63) is 35.9 Å². The van der Waals surface area contributed by atoms with E-state index >= 15 is 0 Å². The number of nitrogens with zero attached hydrogens (tertiary/aromatic N) is 4. The molecule has 0 saturated carbocycles. The Balaban J connectivity index is 2.12. The van der Waals surface area contributed by atoms with Crippen molar-refractivity contribution in [1.29, 1.82) is 0 Å². The van der Waals surface area contributed by atoms with E-state index in [0.29, 0.717) is 0 Å². The van der Waals surface area contributed by atoms with Crippen LogP contribution >= 0.6 is 0 Å². The van der Waals surface area contributed by atoms with Gasteiger partial charge in [0.1, 0.15) is 5.69 Å². The average Bonchev–Trinajstić information content (AvgIpc) is 2.77. The number of hydrogen-bond donors (Lipinski definition) is 1. The van der Waals surface area contributed by atoms with E-state index in [1.165, 1.54) is 5.69 Å². The summed E-state index contributed by atoms with van der Waals surface area (Å²) in [7, 11) is 1.87. The molecule has 16 heavy (non-hydrogen) atoms. The molecule has 2 rings (SSSR count). The number of hydrogen-bond acceptors (Lipinski definition) is 3. The molecule has 0 bridgehead atoms. The molecule has 0 aromatic carbocycles. The van der Waals surface area contributed by atoms with Gasteiger partial charge < -0.3 is 10.3 Å². The first-order valence-electron chi connectivity index (χ1n) is 5.40. The molecule has 2 aromatic rings. The number of aryl methyl sites for hydroxylation is 1. The molecule has 1 atom stereocenters. The first-order valence-corrected chi connectivity index (χ1v) is 5.40. The molecule has 1 unspecified atom stereocenters. The highest BCUT2D eigenvalue weighted by atomic mass is 15.4. The minimum Gasteiger partial charge on any atom is -0.345 e. The Bertz CT molecular complexity index is 454. The highest BCUT2D eigenvalue weighted by Gasteiger charge is 2.06. The predicted octanol–water partition coefficient (Wildman–Crippen LogP) is 0.555. The molecule has 0 saturated heterocycles. The van der Waals surface area contributed by atoms with Crippen LogP contribution in [-0.4, -0.2) is 25.6 Å². The van der Waals surface area contributed by atoms with Gasteiger partial charge >= 0.3 is 0 Å². The van der Waals surface area contributed by atoms with Crippen molar-refractivity contribution in [1.82, 2.24) is 19.6 Å². The van der Waals surface area contributed by atoms with Gasteiger partial charge in [0.15, 0.2) is 0 Å². The summed E-state index contributed by atoms with van der Waals surface area (Å²) in [5.41, 5.74) is 8.00. The van der Waals surface area contributed by atoms with Crippen molar-refractivity contribution in [2.75, 3.05) is 0 Å². The van der Waals surface area contributed by atoms with Crippen molar-refractivity contribution in [2.45, 2.75) is 25.9 Å². The topological polar surface area (TPSA) is 61.7 Å². The van der Waals surface area contributed by atoms with Crippen LogP contribution < -0.4 is 5.73 Å². The normalized spacial score (nSPS) is 12.9. The molecule has 0 spiro atoms. The molecule has 2 N–H and O–H groups in total. The van der Waals surface area contributed by atoms with E-state index in [1.54, 1.807) is 4.68 Å². The molecule has 2 aromatic heterocycles. The molecular weight excluding hydrogens is 202 g/mol.